The summed E-state index contributed by atoms with van der Waals surface area (Å²) >= 11 is 0. The van der Waals surface area contributed by atoms with Crippen LogP contribution in [0.4, 0.5) is 4.79 Å². The third kappa shape index (κ3) is 1.24. The van der Waals surface area contributed by atoms with E-state index in [1.165, 1.54) is 18.0 Å². The van der Waals surface area contributed by atoms with Gasteiger partial charge in [-0.25, -0.2) is 14.8 Å². The van der Waals surface area contributed by atoms with E-state index in [1.807, 2.05) is 0 Å². The minimum atomic E-state index is -0.440. The molecule has 2 aliphatic rings. The molecule has 0 radical (unpaired) electrons. The van der Waals surface area contributed by atoms with Crippen molar-refractivity contribution in [3.63, 3.8) is 0 Å². The number of nitrogens with zero attached hydrogens (tertiary/aromatic N) is 3. The van der Waals surface area contributed by atoms with Crippen molar-refractivity contribution in [1.29, 1.82) is 0 Å². The molecule has 0 aromatic heterocycles. The van der Waals surface area contributed by atoms with E-state index in [4.69, 9.17) is 0 Å². The van der Waals surface area contributed by atoms with Gasteiger partial charge in [-0.05, 0) is 6.07 Å². The minimum Gasteiger partial charge on any atom is -0.452 e. The number of hydrogen-bond donors (Lipinski definition) is 0. The molecule has 0 N–H and O–H groups in total. The van der Waals surface area contributed by atoms with E-state index in [1.54, 1.807) is 18.5 Å². The number of methoxy groups -OCH3 is 1. The van der Waals surface area contributed by atoms with Crippen LogP contribution < -0.4 is 0 Å². The summed E-state index contributed by atoms with van der Waals surface area (Å²) < 4.78 is 5.85. The van der Waals surface area contributed by atoms with Gasteiger partial charge in [-0.2, -0.15) is 0 Å². The molecular weight excluding hydrogens is 170 g/mol. The molecule has 2 rings (SSSR count). The maximum absolute atomic E-state index is 11.1. The summed E-state index contributed by atoms with van der Waals surface area (Å²) in [6, 6.07) is 1.71. The fraction of sp³-hybridized carbons (Fsp3) is 0.125. The topological polar surface area (TPSA) is 57.0 Å². The van der Waals surface area contributed by atoms with E-state index in [2.05, 4.69) is 14.7 Å². The standard InChI is InChI=1S/C8H7N3O2/c1-13-8(12)11-3-2-6-7(4-11)10-5-9-6/h2-5H,1H3. The van der Waals surface area contributed by atoms with E-state index in [0.29, 0.717) is 5.69 Å². The molecule has 0 bridgehead atoms. The second kappa shape index (κ2) is 2.85. The summed E-state index contributed by atoms with van der Waals surface area (Å²) in [6.45, 7) is 0. The Hall–Kier alpha value is -1.91. The van der Waals surface area contributed by atoms with Gasteiger partial charge in [0, 0.05) is 12.4 Å². The highest BCUT2D eigenvalue weighted by Gasteiger charge is 2.08. The van der Waals surface area contributed by atoms with Gasteiger partial charge >= 0.3 is 6.09 Å². The van der Waals surface area contributed by atoms with E-state index < -0.39 is 6.09 Å². The van der Waals surface area contributed by atoms with E-state index in [0.717, 1.165) is 5.69 Å². The Morgan fingerprint density at radius 2 is 2.23 bits per heavy atom. The van der Waals surface area contributed by atoms with Crippen molar-refractivity contribution in [2.24, 2.45) is 0 Å². The lowest BCUT2D eigenvalue weighted by Crippen LogP contribution is -2.11. The van der Waals surface area contributed by atoms with Crippen LogP contribution in [0.5, 0.6) is 0 Å². The van der Waals surface area contributed by atoms with E-state index >= 15 is 0 Å². The molecule has 2 heterocycles. The first-order chi connectivity index (χ1) is 6.31. The van der Waals surface area contributed by atoms with Crippen molar-refractivity contribution in [2.75, 3.05) is 7.11 Å². The van der Waals surface area contributed by atoms with Crippen LogP contribution in [0.25, 0.3) is 11.4 Å². The quantitative estimate of drug-likeness (QED) is 0.602. The maximum Gasteiger partial charge on any atom is 0.417 e. The molecule has 0 aromatic rings. The number of aromatic nitrogens is 3. The van der Waals surface area contributed by atoms with Crippen molar-refractivity contribution in [1.82, 2.24) is 14.5 Å². The lowest BCUT2D eigenvalue weighted by molar-refractivity contribution is 0.172. The highest BCUT2D eigenvalue weighted by Crippen LogP contribution is 2.14. The van der Waals surface area contributed by atoms with Crippen LogP contribution >= 0.6 is 0 Å². The lowest BCUT2D eigenvalue weighted by atomic mass is 10.3. The van der Waals surface area contributed by atoms with Gasteiger partial charge in [0.25, 0.3) is 0 Å². The molecule has 0 fully saturated rings. The number of pyridine rings is 1. The molecule has 0 aromatic carbocycles. The number of ether oxygens (including phenoxy) is 1. The number of carbonyl (C=O) groups excluding carboxylic acids is 1. The molecular formula is C8H7N3O2. The van der Waals surface area contributed by atoms with Crippen molar-refractivity contribution in [2.45, 2.75) is 0 Å². The number of fused-ring (bicyclic) bond motifs is 1. The Bertz CT molecular complexity index is 410. The molecule has 0 amide bonds. The van der Waals surface area contributed by atoms with Gasteiger partial charge in [0.1, 0.15) is 12.0 Å². The SMILES string of the molecule is COC(=O)n1ccc2ncnc-2c1. The van der Waals surface area contributed by atoms with Gasteiger partial charge < -0.3 is 4.74 Å². The van der Waals surface area contributed by atoms with Crippen LogP contribution in [0, 0.1) is 0 Å². The second-order valence-electron chi connectivity index (χ2n) is 2.47. The van der Waals surface area contributed by atoms with E-state index in [9.17, 15) is 4.79 Å². The van der Waals surface area contributed by atoms with Crippen LogP contribution in [-0.2, 0) is 4.74 Å². The zero-order valence-corrected chi connectivity index (χ0v) is 6.97. The highest BCUT2D eigenvalue weighted by molar-refractivity contribution is 5.72. The average molecular weight is 177 g/mol. The van der Waals surface area contributed by atoms with Crippen LogP contribution in [0.3, 0.4) is 0 Å². The van der Waals surface area contributed by atoms with Gasteiger partial charge in [-0.15, -0.1) is 0 Å². The van der Waals surface area contributed by atoms with Crippen LogP contribution in [0.1, 0.15) is 0 Å². The zero-order chi connectivity index (χ0) is 9.26. The molecule has 0 unspecified atom stereocenters. The Kier molecular flexibility index (Phi) is 1.70. The fourth-order valence-electron chi connectivity index (χ4n) is 1.06. The maximum atomic E-state index is 11.1. The van der Waals surface area contributed by atoms with Crippen molar-refractivity contribution in [3.05, 3.63) is 24.8 Å². The molecule has 0 saturated heterocycles. The molecule has 5 nitrogen and oxygen atoms in total. The first-order valence-electron chi connectivity index (χ1n) is 3.68. The number of hydrogen-bond acceptors (Lipinski definition) is 4. The van der Waals surface area contributed by atoms with Crippen LogP contribution in [0.15, 0.2) is 24.8 Å². The Balaban J connectivity index is 2.49. The number of rotatable bonds is 0. The summed E-state index contributed by atoms with van der Waals surface area (Å²) in [5.41, 5.74) is 1.44. The first-order valence-corrected chi connectivity index (χ1v) is 3.68. The molecule has 0 spiro atoms. The van der Waals surface area contributed by atoms with Crippen molar-refractivity contribution >= 4 is 6.09 Å². The summed E-state index contributed by atoms with van der Waals surface area (Å²) in [6.07, 6.45) is 4.17. The monoisotopic (exact) mass is 177 g/mol. The first kappa shape index (κ1) is 7.72. The summed E-state index contributed by atoms with van der Waals surface area (Å²) in [4.78, 5) is 19.0. The largest absolute Gasteiger partial charge is 0.452 e. The molecule has 0 aliphatic carbocycles. The predicted molar refractivity (Wildman–Crippen MR) is 44.4 cm³/mol. The second-order valence-corrected chi connectivity index (χ2v) is 2.47. The van der Waals surface area contributed by atoms with Crippen molar-refractivity contribution < 1.29 is 9.53 Å². The third-order valence-corrected chi connectivity index (χ3v) is 1.70. The summed E-state index contributed by atoms with van der Waals surface area (Å²) in [7, 11) is 1.33. The number of imidazole rings is 1. The molecule has 13 heavy (non-hydrogen) atoms. The Morgan fingerprint density at radius 1 is 1.46 bits per heavy atom. The Labute approximate surface area is 74.3 Å². The Morgan fingerprint density at radius 3 is 3.00 bits per heavy atom. The lowest BCUT2D eigenvalue weighted by Gasteiger charge is -2.03. The molecule has 5 heteroatoms. The van der Waals surface area contributed by atoms with Crippen LogP contribution in [-0.4, -0.2) is 27.7 Å². The van der Waals surface area contributed by atoms with Gasteiger partial charge in [0.15, 0.2) is 0 Å². The molecule has 0 atom stereocenters. The average Bonchev–Trinajstić information content (AvgIpc) is 2.63. The van der Waals surface area contributed by atoms with Gasteiger partial charge in [0.2, 0.25) is 0 Å². The minimum absolute atomic E-state index is 0.440. The van der Waals surface area contributed by atoms with Gasteiger partial charge in [0.05, 0.1) is 12.8 Å². The van der Waals surface area contributed by atoms with E-state index in [-0.39, 0.29) is 0 Å². The zero-order valence-electron chi connectivity index (χ0n) is 6.97. The number of carbonyl (C=O) groups is 1. The molecule has 66 valence electrons. The summed E-state index contributed by atoms with van der Waals surface area (Å²) in [5, 5.41) is 0. The molecule has 2 aliphatic heterocycles. The third-order valence-electron chi connectivity index (χ3n) is 1.70. The molecule has 0 saturated carbocycles. The van der Waals surface area contributed by atoms with Crippen molar-refractivity contribution in [3.8, 4) is 11.4 Å². The normalized spacial score (nSPS) is 10.2. The fourth-order valence-corrected chi connectivity index (χ4v) is 1.06. The predicted octanol–water partition coefficient (Wildman–Crippen LogP) is 0.997. The van der Waals surface area contributed by atoms with Crippen LogP contribution in [0.2, 0.25) is 0 Å². The summed E-state index contributed by atoms with van der Waals surface area (Å²) in [5.74, 6) is 0. The highest BCUT2D eigenvalue weighted by atomic mass is 16.5. The van der Waals surface area contributed by atoms with Gasteiger partial charge in [-0.3, -0.25) is 4.57 Å². The smallest absolute Gasteiger partial charge is 0.417 e. The van der Waals surface area contributed by atoms with Gasteiger partial charge in [-0.1, -0.05) is 0 Å².